The number of rotatable bonds is 6. The quantitative estimate of drug-likeness (QED) is 0.694. The van der Waals surface area contributed by atoms with Crippen LogP contribution < -0.4 is 10.1 Å². The zero-order chi connectivity index (χ0) is 18.8. The van der Waals surface area contributed by atoms with Crippen molar-refractivity contribution in [1.29, 1.82) is 0 Å². The third-order valence-corrected chi connectivity index (χ3v) is 4.24. The van der Waals surface area contributed by atoms with E-state index in [1.807, 2.05) is 0 Å². The first-order valence-electron chi connectivity index (χ1n) is 8.50. The molecule has 2 heterocycles. The van der Waals surface area contributed by atoms with Gasteiger partial charge in [-0.3, -0.25) is 9.89 Å². The zero-order valence-corrected chi connectivity index (χ0v) is 14.2. The van der Waals surface area contributed by atoms with E-state index in [2.05, 4.69) is 20.5 Å². The number of halogens is 2. The highest BCUT2D eigenvalue weighted by Gasteiger charge is 2.26. The van der Waals surface area contributed by atoms with Crippen LogP contribution in [0.2, 0.25) is 0 Å². The van der Waals surface area contributed by atoms with Crippen LogP contribution in [0.3, 0.4) is 0 Å². The van der Waals surface area contributed by atoms with E-state index in [1.165, 1.54) is 12.3 Å². The number of hydrogen-bond donors (Lipinski definition) is 2. The van der Waals surface area contributed by atoms with Gasteiger partial charge in [-0.2, -0.15) is 5.10 Å². The molecular weight excluding hydrogens is 354 g/mol. The molecule has 2 aromatic heterocycles. The smallest absolute Gasteiger partial charge is 0.272 e. The standard InChI is InChI=1S/C19H16F2N4O2/c20-14-6-5-13(8-15(14)21)27-19-12(2-1-7-22-19)10-23-18(26)17-9-16(24-25-17)11-3-4-11/h1-2,5-9,11H,3-4,10H2,(H,23,26)(H,24,25). The molecule has 4 rings (SSSR count). The summed E-state index contributed by atoms with van der Waals surface area (Å²) in [6.07, 6.45) is 3.74. The number of aromatic amines is 1. The molecule has 0 saturated heterocycles. The lowest BCUT2D eigenvalue weighted by atomic mass is 10.2. The van der Waals surface area contributed by atoms with E-state index < -0.39 is 11.6 Å². The minimum absolute atomic E-state index is 0.113. The van der Waals surface area contributed by atoms with Gasteiger partial charge in [-0.05, 0) is 37.1 Å². The van der Waals surface area contributed by atoms with Crippen LogP contribution >= 0.6 is 0 Å². The van der Waals surface area contributed by atoms with Crippen molar-refractivity contribution >= 4 is 5.91 Å². The molecule has 1 aliphatic rings. The Balaban J connectivity index is 1.44. The lowest BCUT2D eigenvalue weighted by Gasteiger charge is -2.10. The summed E-state index contributed by atoms with van der Waals surface area (Å²) in [5.41, 5.74) is 1.89. The summed E-state index contributed by atoms with van der Waals surface area (Å²) in [6, 6.07) is 8.40. The number of H-pyrrole nitrogens is 1. The largest absolute Gasteiger partial charge is 0.439 e. The summed E-state index contributed by atoms with van der Waals surface area (Å²) in [5, 5.41) is 9.68. The average molecular weight is 370 g/mol. The number of carbonyl (C=O) groups excluding carboxylic acids is 1. The number of carbonyl (C=O) groups is 1. The molecule has 138 valence electrons. The van der Waals surface area contributed by atoms with Gasteiger partial charge in [-0.25, -0.2) is 13.8 Å². The van der Waals surface area contributed by atoms with Crippen LogP contribution in [0, 0.1) is 11.6 Å². The molecule has 2 N–H and O–H groups in total. The molecule has 0 unspecified atom stereocenters. The van der Waals surface area contributed by atoms with Crippen molar-refractivity contribution in [2.75, 3.05) is 0 Å². The van der Waals surface area contributed by atoms with Gasteiger partial charge in [0, 0.05) is 36.0 Å². The van der Waals surface area contributed by atoms with E-state index in [0.29, 0.717) is 17.2 Å². The fourth-order valence-electron chi connectivity index (χ4n) is 2.63. The van der Waals surface area contributed by atoms with Gasteiger partial charge in [0.25, 0.3) is 5.91 Å². The van der Waals surface area contributed by atoms with E-state index in [0.717, 1.165) is 30.7 Å². The summed E-state index contributed by atoms with van der Waals surface area (Å²) in [5.74, 6) is -1.50. The Kier molecular flexibility index (Phi) is 4.53. The van der Waals surface area contributed by atoms with E-state index in [4.69, 9.17) is 4.74 Å². The van der Waals surface area contributed by atoms with Crippen molar-refractivity contribution in [3.8, 4) is 11.6 Å². The number of nitrogens with zero attached hydrogens (tertiary/aromatic N) is 2. The fourth-order valence-corrected chi connectivity index (χ4v) is 2.63. The van der Waals surface area contributed by atoms with E-state index in [9.17, 15) is 13.6 Å². The van der Waals surface area contributed by atoms with E-state index in [-0.39, 0.29) is 24.1 Å². The minimum atomic E-state index is -1.01. The van der Waals surface area contributed by atoms with Crippen molar-refractivity contribution in [1.82, 2.24) is 20.5 Å². The van der Waals surface area contributed by atoms with Gasteiger partial charge in [-0.1, -0.05) is 6.07 Å². The molecule has 6 nitrogen and oxygen atoms in total. The van der Waals surface area contributed by atoms with Crippen molar-refractivity contribution in [3.63, 3.8) is 0 Å². The Hall–Kier alpha value is -3.29. The van der Waals surface area contributed by atoms with Gasteiger partial charge < -0.3 is 10.1 Å². The maximum absolute atomic E-state index is 13.3. The highest BCUT2D eigenvalue weighted by Crippen LogP contribution is 2.39. The van der Waals surface area contributed by atoms with Crippen LogP contribution in [0.15, 0.2) is 42.6 Å². The van der Waals surface area contributed by atoms with Crippen LogP contribution in [-0.2, 0) is 6.54 Å². The molecule has 0 atom stereocenters. The summed E-state index contributed by atoms with van der Waals surface area (Å²) in [6.45, 7) is 0.150. The maximum atomic E-state index is 13.3. The first-order chi connectivity index (χ1) is 13.1. The summed E-state index contributed by atoms with van der Waals surface area (Å²) in [4.78, 5) is 16.4. The molecule has 27 heavy (non-hydrogen) atoms. The number of hydrogen-bond acceptors (Lipinski definition) is 4. The summed E-state index contributed by atoms with van der Waals surface area (Å²) >= 11 is 0. The number of benzene rings is 1. The van der Waals surface area contributed by atoms with Gasteiger partial charge >= 0.3 is 0 Å². The summed E-state index contributed by atoms with van der Waals surface area (Å²) in [7, 11) is 0. The number of aromatic nitrogens is 3. The first-order valence-corrected chi connectivity index (χ1v) is 8.50. The Morgan fingerprint density at radius 2 is 2.07 bits per heavy atom. The molecule has 1 aliphatic carbocycles. The third-order valence-electron chi connectivity index (χ3n) is 4.24. The monoisotopic (exact) mass is 370 g/mol. The first kappa shape index (κ1) is 17.1. The van der Waals surface area contributed by atoms with Crippen LogP contribution in [0.5, 0.6) is 11.6 Å². The second-order valence-corrected chi connectivity index (χ2v) is 6.31. The van der Waals surface area contributed by atoms with Crippen molar-refractivity contribution in [2.24, 2.45) is 0 Å². The Bertz CT molecular complexity index is 985. The molecular formula is C19H16F2N4O2. The summed E-state index contributed by atoms with van der Waals surface area (Å²) < 4.78 is 31.9. The van der Waals surface area contributed by atoms with Crippen molar-refractivity contribution in [2.45, 2.75) is 25.3 Å². The lowest BCUT2D eigenvalue weighted by Crippen LogP contribution is -2.23. The Labute approximate surface area is 153 Å². The predicted molar refractivity (Wildman–Crippen MR) is 92.4 cm³/mol. The Morgan fingerprint density at radius 1 is 1.22 bits per heavy atom. The Morgan fingerprint density at radius 3 is 2.85 bits per heavy atom. The molecule has 1 aromatic carbocycles. The molecule has 1 saturated carbocycles. The number of nitrogens with one attached hydrogen (secondary N) is 2. The number of amides is 1. The molecule has 0 bridgehead atoms. The predicted octanol–water partition coefficient (Wildman–Crippen LogP) is 3.68. The minimum Gasteiger partial charge on any atom is -0.439 e. The van der Waals surface area contributed by atoms with Crippen molar-refractivity contribution in [3.05, 3.63) is 71.2 Å². The lowest BCUT2D eigenvalue weighted by molar-refractivity contribution is 0.0945. The molecule has 0 spiro atoms. The SMILES string of the molecule is O=C(NCc1cccnc1Oc1ccc(F)c(F)c1)c1cc(C2CC2)[nH]n1. The van der Waals surface area contributed by atoms with Crippen LogP contribution in [0.25, 0.3) is 0 Å². The fraction of sp³-hybridized carbons (Fsp3) is 0.211. The molecule has 3 aromatic rings. The van der Waals surface area contributed by atoms with Crippen molar-refractivity contribution < 1.29 is 18.3 Å². The molecule has 8 heteroatoms. The van der Waals surface area contributed by atoms with E-state index >= 15 is 0 Å². The van der Waals surface area contributed by atoms with Gasteiger partial charge in [0.2, 0.25) is 5.88 Å². The van der Waals surface area contributed by atoms with Crippen LogP contribution in [-0.4, -0.2) is 21.1 Å². The zero-order valence-electron chi connectivity index (χ0n) is 14.2. The van der Waals surface area contributed by atoms with Gasteiger partial charge in [0.05, 0.1) is 0 Å². The molecule has 0 radical (unpaired) electrons. The normalized spacial score (nSPS) is 13.4. The molecule has 1 amide bonds. The number of pyridine rings is 1. The number of ether oxygens (including phenoxy) is 1. The van der Waals surface area contributed by atoms with Gasteiger partial charge in [0.1, 0.15) is 11.4 Å². The van der Waals surface area contributed by atoms with Gasteiger partial charge in [-0.15, -0.1) is 0 Å². The van der Waals surface area contributed by atoms with Gasteiger partial charge in [0.15, 0.2) is 11.6 Å². The van der Waals surface area contributed by atoms with E-state index in [1.54, 1.807) is 18.2 Å². The third kappa shape index (κ3) is 3.94. The second-order valence-electron chi connectivity index (χ2n) is 6.31. The molecule has 0 aliphatic heterocycles. The van der Waals surface area contributed by atoms with Crippen LogP contribution in [0.4, 0.5) is 8.78 Å². The highest BCUT2D eigenvalue weighted by molar-refractivity contribution is 5.92. The second kappa shape index (κ2) is 7.14. The maximum Gasteiger partial charge on any atom is 0.272 e. The average Bonchev–Trinajstić information content (AvgIpc) is 3.40. The topological polar surface area (TPSA) is 79.9 Å². The van der Waals surface area contributed by atoms with Crippen LogP contribution in [0.1, 0.15) is 40.5 Å². The molecule has 1 fully saturated rings. The highest BCUT2D eigenvalue weighted by atomic mass is 19.2.